The van der Waals surface area contributed by atoms with Crippen LogP contribution in [0, 0.1) is 0 Å². The molecular weight excluding hydrogens is 320 g/mol. The number of hydrogen-bond donors (Lipinski definition) is 3. The van der Waals surface area contributed by atoms with Crippen LogP contribution in [-0.2, 0) is 6.42 Å². The predicted molar refractivity (Wildman–Crippen MR) is 97.3 cm³/mol. The van der Waals surface area contributed by atoms with Crippen LogP contribution in [0.4, 0.5) is 5.95 Å². The van der Waals surface area contributed by atoms with Crippen LogP contribution in [0.1, 0.15) is 5.56 Å². The zero-order chi connectivity index (χ0) is 17.6. The summed E-state index contributed by atoms with van der Waals surface area (Å²) in [5.41, 5.74) is 8.23. The van der Waals surface area contributed by atoms with Gasteiger partial charge in [0.2, 0.25) is 17.7 Å². The van der Waals surface area contributed by atoms with Gasteiger partial charge in [0.15, 0.2) is 5.96 Å². The lowest BCUT2D eigenvalue weighted by atomic mass is 10.1. The van der Waals surface area contributed by atoms with Gasteiger partial charge in [-0.05, 0) is 18.1 Å². The second-order valence-electron chi connectivity index (χ2n) is 5.28. The molecule has 0 aliphatic heterocycles. The fourth-order valence-electron chi connectivity index (χ4n) is 2.46. The fraction of sp³-hybridized carbons (Fsp3) is 0.235. The summed E-state index contributed by atoms with van der Waals surface area (Å²) in [7, 11) is 3.04. The Hall–Kier alpha value is -3.29. The third-order valence-corrected chi connectivity index (χ3v) is 3.68. The summed E-state index contributed by atoms with van der Waals surface area (Å²) < 4.78 is 10.2. The Bertz CT molecular complexity index is 867. The van der Waals surface area contributed by atoms with Crippen LogP contribution in [0.15, 0.2) is 41.5 Å². The number of hydrogen-bond acceptors (Lipinski definition) is 5. The van der Waals surface area contributed by atoms with Crippen LogP contribution in [0.25, 0.3) is 10.9 Å². The molecule has 0 atom stereocenters. The van der Waals surface area contributed by atoms with Crippen molar-refractivity contribution in [3.05, 3.63) is 42.1 Å². The zero-order valence-corrected chi connectivity index (χ0v) is 14.1. The van der Waals surface area contributed by atoms with Gasteiger partial charge in [0.05, 0.1) is 20.3 Å². The highest BCUT2D eigenvalue weighted by molar-refractivity contribution is 5.90. The molecule has 8 heteroatoms. The van der Waals surface area contributed by atoms with Crippen molar-refractivity contribution in [2.24, 2.45) is 10.7 Å². The van der Waals surface area contributed by atoms with E-state index < -0.39 is 0 Å². The molecule has 0 radical (unpaired) electrons. The molecule has 4 N–H and O–H groups in total. The molecule has 0 bridgehead atoms. The van der Waals surface area contributed by atoms with E-state index in [-0.39, 0.29) is 11.9 Å². The Balaban J connectivity index is 1.64. The molecule has 3 rings (SSSR count). The Morgan fingerprint density at radius 3 is 2.64 bits per heavy atom. The number of fused-ring (bicyclic) bond motifs is 1. The quantitative estimate of drug-likeness (QED) is 0.467. The van der Waals surface area contributed by atoms with Gasteiger partial charge < -0.3 is 20.2 Å². The number of aromatic nitrogens is 3. The molecule has 0 spiro atoms. The minimum absolute atomic E-state index is 0.232. The lowest BCUT2D eigenvalue weighted by molar-refractivity contribution is 0.373. The van der Waals surface area contributed by atoms with Crippen LogP contribution in [0.3, 0.4) is 0 Å². The highest BCUT2D eigenvalue weighted by atomic mass is 16.5. The molecule has 0 aliphatic rings. The summed E-state index contributed by atoms with van der Waals surface area (Å²) in [4.78, 5) is 15.9. The van der Waals surface area contributed by atoms with Crippen molar-refractivity contribution in [1.82, 2.24) is 15.0 Å². The number of aliphatic imine (C=N–C) groups is 1. The number of guanidine groups is 1. The van der Waals surface area contributed by atoms with Crippen molar-refractivity contribution in [2.45, 2.75) is 6.42 Å². The summed E-state index contributed by atoms with van der Waals surface area (Å²) >= 11 is 0. The molecule has 0 fully saturated rings. The van der Waals surface area contributed by atoms with Gasteiger partial charge in [-0.2, -0.15) is 9.97 Å². The van der Waals surface area contributed by atoms with Crippen LogP contribution in [0.2, 0.25) is 0 Å². The summed E-state index contributed by atoms with van der Waals surface area (Å²) in [6.07, 6.45) is 2.77. The number of benzene rings is 1. The standard InChI is InChI=1S/C17H20N6O2/c1-24-14-9-15(25-2)22-17(21-14)23-16(18)19-8-7-11-10-20-13-6-4-3-5-12(11)13/h3-6,9-10,20H,7-8H2,1-2H3,(H3,18,19,21,22,23). The van der Waals surface area contributed by atoms with Crippen molar-refractivity contribution in [1.29, 1.82) is 0 Å². The number of anilines is 1. The monoisotopic (exact) mass is 340 g/mol. The number of nitrogens with zero attached hydrogens (tertiary/aromatic N) is 3. The van der Waals surface area contributed by atoms with E-state index in [1.54, 1.807) is 6.07 Å². The van der Waals surface area contributed by atoms with E-state index in [9.17, 15) is 0 Å². The molecular formula is C17H20N6O2. The van der Waals surface area contributed by atoms with Gasteiger partial charge in [-0.3, -0.25) is 10.3 Å². The van der Waals surface area contributed by atoms with Gasteiger partial charge in [0, 0.05) is 23.6 Å². The minimum Gasteiger partial charge on any atom is -0.481 e. The van der Waals surface area contributed by atoms with Gasteiger partial charge in [0.1, 0.15) is 0 Å². The largest absolute Gasteiger partial charge is 0.481 e. The second kappa shape index (κ2) is 7.52. The first-order valence-corrected chi connectivity index (χ1v) is 7.78. The number of methoxy groups -OCH3 is 2. The van der Waals surface area contributed by atoms with E-state index in [1.165, 1.54) is 25.2 Å². The number of ether oxygens (including phenoxy) is 2. The van der Waals surface area contributed by atoms with E-state index >= 15 is 0 Å². The smallest absolute Gasteiger partial charge is 0.236 e. The lowest BCUT2D eigenvalue weighted by Gasteiger charge is -2.07. The molecule has 0 saturated carbocycles. The van der Waals surface area contributed by atoms with E-state index in [2.05, 4.69) is 31.3 Å². The summed E-state index contributed by atoms with van der Waals surface area (Å²) in [5, 5.41) is 4.05. The highest BCUT2D eigenvalue weighted by Crippen LogP contribution is 2.18. The number of para-hydroxylation sites is 1. The van der Waals surface area contributed by atoms with Gasteiger partial charge in [-0.25, -0.2) is 0 Å². The number of aromatic amines is 1. The first-order chi connectivity index (χ1) is 12.2. The van der Waals surface area contributed by atoms with Crippen LogP contribution < -0.4 is 20.5 Å². The van der Waals surface area contributed by atoms with E-state index in [1.807, 2.05) is 24.4 Å². The zero-order valence-electron chi connectivity index (χ0n) is 14.1. The fourth-order valence-corrected chi connectivity index (χ4v) is 2.46. The predicted octanol–water partition coefficient (Wildman–Crippen LogP) is 1.94. The normalized spacial score (nSPS) is 11.5. The molecule has 2 heterocycles. The first kappa shape index (κ1) is 16.6. The average molecular weight is 340 g/mol. The molecule has 0 unspecified atom stereocenters. The van der Waals surface area contributed by atoms with Crippen molar-refractivity contribution in [2.75, 3.05) is 26.1 Å². The summed E-state index contributed by atoms with van der Waals surface area (Å²) in [6, 6.07) is 9.74. The van der Waals surface area contributed by atoms with Crippen molar-refractivity contribution in [3.8, 4) is 11.8 Å². The second-order valence-corrected chi connectivity index (χ2v) is 5.28. The topological polar surface area (TPSA) is 110 Å². The summed E-state index contributed by atoms with van der Waals surface area (Å²) in [5.74, 6) is 1.25. The maximum absolute atomic E-state index is 5.91. The molecule has 3 aromatic rings. The maximum Gasteiger partial charge on any atom is 0.236 e. The van der Waals surface area contributed by atoms with Crippen molar-refractivity contribution in [3.63, 3.8) is 0 Å². The number of H-pyrrole nitrogens is 1. The van der Waals surface area contributed by atoms with Crippen LogP contribution in [0.5, 0.6) is 11.8 Å². The first-order valence-electron chi connectivity index (χ1n) is 7.78. The number of nitrogens with two attached hydrogens (primary N) is 1. The molecule has 8 nitrogen and oxygen atoms in total. The van der Waals surface area contributed by atoms with Gasteiger partial charge in [-0.15, -0.1) is 0 Å². The molecule has 2 aromatic heterocycles. The SMILES string of the molecule is COc1cc(OC)nc(NC(N)=NCCc2c[nH]c3ccccc23)n1. The average Bonchev–Trinajstić information content (AvgIpc) is 3.04. The Morgan fingerprint density at radius 1 is 1.20 bits per heavy atom. The third kappa shape index (κ3) is 3.97. The van der Waals surface area contributed by atoms with Crippen molar-refractivity contribution < 1.29 is 9.47 Å². The van der Waals surface area contributed by atoms with E-state index in [0.29, 0.717) is 18.3 Å². The third-order valence-electron chi connectivity index (χ3n) is 3.68. The number of rotatable bonds is 6. The minimum atomic E-state index is 0.232. The van der Waals surface area contributed by atoms with Crippen LogP contribution in [-0.4, -0.2) is 41.7 Å². The Labute approximate surface area is 145 Å². The number of nitrogens with one attached hydrogen (secondary N) is 2. The van der Waals surface area contributed by atoms with Gasteiger partial charge in [0.25, 0.3) is 0 Å². The van der Waals surface area contributed by atoms with Gasteiger partial charge >= 0.3 is 0 Å². The highest BCUT2D eigenvalue weighted by Gasteiger charge is 2.06. The molecule has 130 valence electrons. The molecule has 0 saturated heterocycles. The van der Waals surface area contributed by atoms with E-state index in [4.69, 9.17) is 15.2 Å². The summed E-state index contributed by atoms with van der Waals surface area (Å²) in [6.45, 7) is 0.543. The Morgan fingerprint density at radius 2 is 1.92 bits per heavy atom. The molecule has 0 aliphatic carbocycles. The lowest BCUT2D eigenvalue weighted by Crippen LogP contribution is -2.24. The molecule has 1 aromatic carbocycles. The maximum atomic E-state index is 5.91. The van der Waals surface area contributed by atoms with Crippen molar-refractivity contribution >= 4 is 22.8 Å². The molecule has 0 amide bonds. The Kier molecular flexibility index (Phi) is 4.98. The van der Waals surface area contributed by atoms with Gasteiger partial charge in [-0.1, -0.05) is 18.2 Å². The molecule has 25 heavy (non-hydrogen) atoms. The van der Waals surface area contributed by atoms with E-state index in [0.717, 1.165) is 11.9 Å². The van der Waals surface area contributed by atoms with Crippen LogP contribution >= 0.6 is 0 Å².